The fourth-order valence-corrected chi connectivity index (χ4v) is 4.17. The molecule has 3 N–H and O–H groups in total. The van der Waals surface area contributed by atoms with Gasteiger partial charge in [0.1, 0.15) is 0 Å². The number of likely N-dealkylation sites (N-methyl/N-ethyl adjacent to an activating group) is 1. The van der Waals surface area contributed by atoms with Gasteiger partial charge in [0.2, 0.25) is 5.91 Å². The molecule has 1 amide bonds. The molecule has 0 aromatic rings. The molecule has 4 heteroatoms. The molecule has 0 radical (unpaired) electrons. The Morgan fingerprint density at radius 3 is 2.29 bits per heavy atom. The first-order valence-electron chi connectivity index (χ1n) is 8.94. The van der Waals surface area contributed by atoms with Crippen LogP contribution >= 0.6 is 0 Å². The molecule has 4 nitrogen and oxygen atoms in total. The maximum absolute atomic E-state index is 12.4. The second-order valence-electron chi connectivity index (χ2n) is 6.91. The largest absolute Gasteiger partial charge is 0.352 e. The summed E-state index contributed by atoms with van der Waals surface area (Å²) in [4.78, 5) is 14.7. The van der Waals surface area contributed by atoms with Crippen LogP contribution in [0.25, 0.3) is 0 Å². The standard InChI is InChI=1S/C17H33N3O/c1-2-20(13-16(21)19-15-9-5-6-10-15)17(14-18)11-7-3-4-8-12-17/h15H,2-14,18H2,1H3,(H,19,21). The van der Waals surface area contributed by atoms with Gasteiger partial charge in [0.25, 0.3) is 0 Å². The van der Waals surface area contributed by atoms with Crippen LogP contribution in [0.3, 0.4) is 0 Å². The number of nitrogens with two attached hydrogens (primary N) is 1. The summed E-state index contributed by atoms with van der Waals surface area (Å²) in [7, 11) is 0. The molecule has 0 unspecified atom stereocenters. The number of hydrogen-bond acceptors (Lipinski definition) is 3. The zero-order chi connectivity index (χ0) is 15.1. The molecule has 0 aliphatic heterocycles. The van der Waals surface area contributed by atoms with Crippen molar-refractivity contribution in [3.63, 3.8) is 0 Å². The number of amides is 1. The van der Waals surface area contributed by atoms with E-state index in [2.05, 4.69) is 17.1 Å². The van der Waals surface area contributed by atoms with Crippen LogP contribution in [0.5, 0.6) is 0 Å². The minimum Gasteiger partial charge on any atom is -0.352 e. The lowest BCUT2D eigenvalue weighted by molar-refractivity contribution is -0.124. The molecule has 2 aliphatic rings. The highest BCUT2D eigenvalue weighted by Gasteiger charge is 2.36. The first kappa shape index (κ1) is 16.8. The van der Waals surface area contributed by atoms with E-state index in [1.54, 1.807) is 0 Å². The molecule has 0 heterocycles. The average molecular weight is 295 g/mol. The molecule has 0 saturated heterocycles. The van der Waals surface area contributed by atoms with E-state index in [4.69, 9.17) is 5.73 Å². The van der Waals surface area contributed by atoms with Gasteiger partial charge >= 0.3 is 0 Å². The topological polar surface area (TPSA) is 58.4 Å². The van der Waals surface area contributed by atoms with Gasteiger partial charge in [-0.3, -0.25) is 9.69 Å². The fraction of sp³-hybridized carbons (Fsp3) is 0.941. The van der Waals surface area contributed by atoms with Gasteiger partial charge in [-0.15, -0.1) is 0 Å². The first-order valence-corrected chi connectivity index (χ1v) is 8.94. The molecule has 0 aromatic heterocycles. The highest BCUT2D eigenvalue weighted by molar-refractivity contribution is 5.78. The second-order valence-corrected chi connectivity index (χ2v) is 6.91. The van der Waals surface area contributed by atoms with E-state index in [9.17, 15) is 4.79 Å². The summed E-state index contributed by atoms with van der Waals surface area (Å²) in [5.41, 5.74) is 6.20. The number of carbonyl (C=O) groups is 1. The maximum atomic E-state index is 12.4. The lowest BCUT2D eigenvalue weighted by atomic mass is 9.88. The Morgan fingerprint density at radius 1 is 1.14 bits per heavy atom. The predicted octanol–water partition coefficient (Wildman–Crippen LogP) is 2.42. The quantitative estimate of drug-likeness (QED) is 0.740. The molecule has 2 saturated carbocycles. The van der Waals surface area contributed by atoms with Crippen LogP contribution in [0, 0.1) is 0 Å². The minimum absolute atomic E-state index is 0.0538. The van der Waals surface area contributed by atoms with Gasteiger partial charge in [0.15, 0.2) is 0 Å². The van der Waals surface area contributed by atoms with Crippen LogP contribution in [0.2, 0.25) is 0 Å². The Morgan fingerprint density at radius 2 is 1.76 bits per heavy atom. The van der Waals surface area contributed by atoms with Crippen molar-refractivity contribution < 1.29 is 4.79 Å². The van der Waals surface area contributed by atoms with Crippen molar-refractivity contribution in [1.29, 1.82) is 0 Å². The van der Waals surface area contributed by atoms with Crippen LogP contribution < -0.4 is 11.1 Å². The molecule has 2 rings (SSSR count). The van der Waals surface area contributed by atoms with Crippen molar-refractivity contribution in [3.05, 3.63) is 0 Å². The molecule has 2 aliphatic carbocycles. The summed E-state index contributed by atoms with van der Waals surface area (Å²) in [5, 5.41) is 3.22. The molecular formula is C17H33N3O. The van der Waals surface area contributed by atoms with Crippen LogP contribution in [0.4, 0.5) is 0 Å². The Balaban J connectivity index is 1.94. The predicted molar refractivity (Wildman–Crippen MR) is 87.1 cm³/mol. The third-order valence-electron chi connectivity index (χ3n) is 5.52. The van der Waals surface area contributed by atoms with Gasteiger partial charge in [-0.2, -0.15) is 0 Å². The zero-order valence-corrected chi connectivity index (χ0v) is 13.7. The minimum atomic E-state index is 0.0538. The summed E-state index contributed by atoms with van der Waals surface area (Å²) in [6.45, 7) is 4.27. The molecule has 2 fully saturated rings. The van der Waals surface area contributed by atoms with Gasteiger partial charge < -0.3 is 11.1 Å². The Hall–Kier alpha value is -0.610. The Labute approximate surface area is 129 Å². The van der Waals surface area contributed by atoms with Crippen molar-refractivity contribution in [2.45, 2.75) is 82.7 Å². The smallest absolute Gasteiger partial charge is 0.234 e. The van der Waals surface area contributed by atoms with Gasteiger partial charge in [0, 0.05) is 18.1 Å². The van der Waals surface area contributed by atoms with Crippen molar-refractivity contribution in [3.8, 4) is 0 Å². The molecule has 0 atom stereocenters. The normalized spacial score (nSPS) is 23.2. The van der Waals surface area contributed by atoms with Gasteiger partial charge in [0.05, 0.1) is 6.54 Å². The van der Waals surface area contributed by atoms with Crippen LogP contribution in [-0.2, 0) is 4.79 Å². The van der Waals surface area contributed by atoms with Gasteiger partial charge in [-0.1, -0.05) is 45.4 Å². The highest BCUT2D eigenvalue weighted by atomic mass is 16.2. The highest BCUT2D eigenvalue weighted by Crippen LogP contribution is 2.31. The van der Waals surface area contributed by atoms with E-state index in [1.165, 1.54) is 38.5 Å². The molecule has 0 bridgehead atoms. The monoisotopic (exact) mass is 295 g/mol. The van der Waals surface area contributed by atoms with Crippen LogP contribution in [-0.4, -0.2) is 42.0 Å². The van der Waals surface area contributed by atoms with Crippen molar-refractivity contribution in [2.75, 3.05) is 19.6 Å². The second kappa shape index (κ2) is 8.14. The van der Waals surface area contributed by atoms with E-state index < -0.39 is 0 Å². The number of nitrogens with one attached hydrogen (secondary N) is 1. The Kier molecular flexibility index (Phi) is 6.49. The van der Waals surface area contributed by atoms with Crippen molar-refractivity contribution in [1.82, 2.24) is 10.2 Å². The third kappa shape index (κ3) is 4.43. The molecule has 122 valence electrons. The number of rotatable bonds is 6. The number of nitrogens with zero attached hydrogens (tertiary/aromatic N) is 1. The van der Waals surface area contributed by atoms with Crippen LogP contribution in [0.15, 0.2) is 0 Å². The lowest BCUT2D eigenvalue weighted by Crippen LogP contribution is -2.56. The number of hydrogen-bond donors (Lipinski definition) is 2. The maximum Gasteiger partial charge on any atom is 0.234 e. The molecule has 0 aromatic carbocycles. The third-order valence-corrected chi connectivity index (χ3v) is 5.52. The van der Waals surface area contributed by atoms with E-state index in [0.29, 0.717) is 19.1 Å². The summed E-state index contributed by atoms with van der Waals surface area (Å²) in [6, 6.07) is 0.416. The summed E-state index contributed by atoms with van der Waals surface area (Å²) < 4.78 is 0. The number of carbonyl (C=O) groups excluding carboxylic acids is 1. The Bertz CT molecular complexity index is 318. The van der Waals surface area contributed by atoms with Gasteiger partial charge in [-0.05, 0) is 32.2 Å². The summed E-state index contributed by atoms with van der Waals surface area (Å²) in [5.74, 6) is 0.195. The summed E-state index contributed by atoms with van der Waals surface area (Å²) >= 11 is 0. The SMILES string of the molecule is CCN(CC(=O)NC1CCCC1)C1(CN)CCCCCC1. The summed E-state index contributed by atoms with van der Waals surface area (Å²) in [6.07, 6.45) is 12.2. The molecule has 0 spiro atoms. The molecular weight excluding hydrogens is 262 g/mol. The fourth-order valence-electron chi connectivity index (χ4n) is 4.17. The van der Waals surface area contributed by atoms with Crippen LogP contribution in [0.1, 0.15) is 71.1 Å². The van der Waals surface area contributed by atoms with E-state index >= 15 is 0 Å². The lowest BCUT2D eigenvalue weighted by Gasteiger charge is -2.42. The van der Waals surface area contributed by atoms with Crippen molar-refractivity contribution >= 4 is 5.91 Å². The first-order chi connectivity index (χ1) is 10.2. The van der Waals surface area contributed by atoms with E-state index in [-0.39, 0.29) is 11.4 Å². The zero-order valence-electron chi connectivity index (χ0n) is 13.7. The molecule has 21 heavy (non-hydrogen) atoms. The van der Waals surface area contributed by atoms with Crippen molar-refractivity contribution in [2.24, 2.45) is 5.73 Å². The van der Waals surface area contributed by atoms with Gasteiger partial charge in [-0.25, -0.2) is 0 Å². The van der Waals surface area contributed by atoms with E-state index in [0.717, 1.165) is 32.2 Å². The van der Waals surface area contributed by atoms with E-state index in [1.807, 2.05) is 0 Å². The average Bonchev–Trinajstić information content (AvgIpc) is 2.87.